The van der Waals surface area contributed by atoms with Crippen LogP contribution in [0.1, 0.15) is 36.5 Å². The molecule has 2 rings (SSSR count). The van der Waals surface area contributed by atoms with Crippen molar-refractivity contribution in [2.45, 2.75) is 38.3 Å². The Morgan fingerprint density at radius 1 is 1.56 bits per heavy atom. The number of aliphatic hydroxyl groups excluding tert-OH is 1. The van der Waals surface area contributed by atoms with Crippen LogP contribution in [-0.2, 0) is 17.8 Å². The van der Waals surface area contributed by atoms with Gasteiger partial charge in [-0.15, -0.1) is 0 Å². The van der Waals surface area contributed by atoms with E-state index in [1.807, 2.05) is 17.0 Å². The molecule has 16 heavy (non-hydrogen) atoms. The van der Waals surface area contributed by atoms with E-state index in [2.05, 4.69) is 5.32 Å². The van der Waals surface area contributed by atoms with Crippen LogP contribution in [0.5, 0.6) is 0 Å². The second kappa shape index (κ2) is 4.70. The molecule has 1 aliphatic carbocycles. The first-order valence-electron chi connectivity index (χ1n) is 5.78. The SMILES string of the molecule is CNC(=O)Cn1cc2c(c1)C(O)CCCC2. The van der Waals surface area contributed by atoms with Crippen LogP contribution in [-0.4, -0.2) is 22.6 Å². The Hall–Kier alpha value is -1.29. The largest absolute Gasteiger partial charge is 0.388 e. The summed E-state index contributed by atoms with van der Waals surface area (Å²) in [5.74, 6) is -0.0142. The maximum atomic E-state index is 11.2. The minimum absolute atomic E-state index is 0.0142. The second-order valence-electron chi connectivity index (χ2n) is 4.35. The number of nitrogens with zero attached hydrogens (tertiary/aromatic N) is 1. The molecule has 0 fully saturated rings. The Morgan fingerprint density at radius 2 is 2.38 bits per heavy atom. The van der Waals surface area contributed by atoms with Crippen LogP contribution in [0, 0.1) is 0 Å². The van der Waals surface area contributed by atoms with Gasteiger partial charge < -0.3 is 15.0 Å². The smallest absolute Gasteiger partial charge is 0.239 e. The Balaban J connectivity index is 2.19. The summed E-state index contributed by atoms with van der Waals surface area (Å²) in [5, 5.41) is 12.5. The van der Waals surface area contributed by atoms with E-state index in [9.17, 15) is 9.90 Å². The van der Waals surface area contributed by atoms with Crippen LogP contribution in [0.4, 0.5) is 0 Å². The molecule has 4 nitrogen and oxygen atoms in total. The summed E-state index contributed by atoms with van der Waals surface area (Å²) in [6, 6.07) is 0. The molecule has 1 aliphatic rings. The Labute approximate surface area is 95.3 Å². The van der Waals surface area contributed by atoms with Crippen LogP contribution < -0.4 is 5.32 Å². The number of likely N-dealkylation sites (N-methyl/N-ethyl adjacent to an activating group) is 1. The van der Waals surface area contributed by atoms with E-state index in [1.165, 1.54) is 5.56 Å². The van der Waals surface area contributed by atoms with Gasteiger partial charge in [-0.25, -0.2) is 0 Å². The van der Waals surface area contributed by atoms with Crippen LogP contribution in [0.3, 0.4) is 0 Å². The highest BCUT2D eigenvalue weighted by Crippen LogP contribution is 2.29. The fourth-order valence-electron chi connectivity index (χ4n) is 2.23. The standard InChI is InChI=1S/C12H18N2O2/c1-13-12(16)8-14-6-9-4-2-3-5-11(15)10(9)7-14/h6-7,11,15H,2-5,8H2,1H3,(H,13,16). The molecule has 1 amide bonds. The number of hydrogen-bond acceptors (Lipinski definition) is 2. The first-order chi connectivity index (χ1) is 7.70. The summed E-state index contributed by atoms with van der Waals surface area (Å²) in [7, 11) is 1.63. The van der Waals surface area contributed by atoms with Crippen molar-refractivity contribution in [3.63, 3.8) is 0 Å². The molecule has 0 radical (unpaired) electrons. The number of aromatic nitrogens is 1. The Kier molecular flexibility index (Phi) is 3.29. The molecule has 88 valence electrons. The summed E-state index contributed by atoms with van der Waals surface area (Å²) in [5.41, 5.74) is 2.19. The van der Waals surface area contributed by atoms with Gasteiger partial charge in [-0.2, -0.15) is 0 Å². The number of nitrogens with one attached hydrogen (secondary N) is 1. The lowest BCUT2D eigenvalue weighted by atomic mass is 10.1. The van der Waals surface area contributed by atoms with Crippen LogP contribution >= 0.6 is 0 Å². The predicted molar refractivity (Wildman–Crippen MR) is 61.0 cm³/mol. The molecule has 0 bridgehead atoms. The number of rotatable bonds is 2. The molecular formula is C12H18N2O2. The van der Waals surface area contributed by atoms with Crippen molar-refractivity contribution in [2.75, 3.05) is 7.05 Å². The third-order valence-corrected chi connectivity index (χ3v) is 3.14. The molecule has 0 saturated carbocycles. The number of aryl methyl sites for hydroxylation is 1. The lowest BCUT2D eigenvalue weighted by Gasteiger charge is -2.06. The monoisotopic (exact) mass is 222 g/mol. The molecule has 0 aliphatic heterocycles. The third-order valence-electron chi connectivity index (χ3n) is 3.14. The zero-order chi connectivity index (χ0) is 11.5. The number of amides is 1. The molecule has 0 spiro atoms. The highest BCUT2D eigenvalue weighted by molar-refractivity contribution is 5.75. The van der Waals surface area contributed by atoms with E-state index in [0.717, 1.165) is 31.2 Å². The van der Waals surface area contributed by atoms with Crippen molar-refractivity contribution in [3.8, 4) is 0 Å². The van der Waals surface area contributed by atoms with Crippen LogP contribution in [0.25, 0.3) is 0 Å². The van der Waals surface area contributed by atoms with Gasteiger partial charge in [0.2, 0.25) is 5.91 Å². The third kappa shape index (κ3) is 2.27. The van der Waals surface area contributed by atoms with Crippen molar-refractivity contribution in [1.29, 1.82) is 0 Å². The van der Waals surface area contributed by atoms with E-state index in [1.54, 1.807) is 7.05 Å². The summed E-state index contributed by atoms with van der Waals surface area (Å²) >= 11 is 0. The average Bonchev–Trinajstić information content (AvgIpc) is 2.59. The van der Waals surface area contributed by atoms with Gasteiger partial charge in [0.05, 0.1) is 6.10 Å². The highest BCUT2D eigenvalue weighted by Gasteiger charge is 2.18. The summed E-state index contributed by atoms with van der Waals surface area (Å²) in [6.07, 6.45) is 7.56. The van der Waals surface area contributed by atoms with Gasteiger partial charge in [-0.3, -0.25) is 4.79 Å². The van der Waals surface area contributed by atoms with Crippen molar-refractivity contribution in [3.05, 3.63) is 23.5 Å². The van der Waals surface area contributed by atoms with Gasteiger partial charge in [-0.1, -0.05) is 6.42 Å². The zero-order valence-corrected chi connectivity index (χ0v) is 9.57. The lowest BCUT2D eigenvalue weighted by Crippen LogP contribution is -2.22. The molecule has 1 aromatic heterocycles. The van der Waals surface area contributed by atoms with Crippen LogP contribution in [0.2, 0.25) is 0 Å². The van der Waals surface area contributed by atoms with Gasteiger partial charge in [0, 0.05) is 25.0 Å². The minimum Gasteiger partial charge on any atom is -0.388 e. The van der Waals surface area contributed by atoms with Crippen LogP contribution in [0.15, 0.2) is 12.4 Å². The van der Waals surface area contributed by atoms with Crippen molar-refractivity contribution < 1.29 is 9.90 Å². The quantitative estimate of drug-likeness (QED) is 0.733. The van der Waals surface area contributed by atoms with Gasteiger partial charge in [0.1, 0.15) is 6.54 Å². The Morgan fingerprint density at radius 3 is 3.12 bits per heavy atom. The minimum atomic E-state index is -0.358. The van der Waals surface area contributed by atoms with Crippen molar-refractivity contribution in [1.82, 2.24) is 9.88 Å². The molecule has 4 heteroatoms. The number of fused-ring (bicyclic) bond motifs is 1. The summed E-state index contributed by atoms with van der Waals surface area (Å²) < 4.78 is 1.86. The van der Waals surface area contributed by atoms with Gasteiger partial charge >= 0.3 is 0 Å². The normalized spacial score (nSPS) is 20.0. The van der Waals surface area contributed by atoms with Crippen molar-refractivity contribution in [2.24, 2.45) is 0 Å². The molecule has 0 saturated heterocycles. The lowest BCUT2D eigenvalue weighted by molar-refractivity contribution is -0.121. The van der Waals surface area contributed by atoms with E-state index >= 15 is 0 Å². The summed E-state index contributed by atoms with van der Waals surface area (Å²) in [6.45, 7) is 0.330. The number of hydrogen-bond donors (Lipinski definition) is 2. The molecule has 0 aromatic carbocycles. The predicted octanol–water partition coefficient (Wildman–Crippen LogP) is 0.994. The molecular weight excluding hydrogens is 204 g/mol. The zero-order valence-electron chi connectivity index (χ0n) is 9.57. The average molecular weight is 222 g/mol. The maximum absolute atomic E-state index is 11.2. The molecule has 1 atom stereocenters. The first-order valence-corrected chi connectivity index (χ1v) is 5.78. The van der Waals surface area contributed by atoms with Gasteiger partial charge in [0.25, 0.3) is 0 Å². The Bertz CT molecular complexity index is 384. The molecule has 2 N–H and O–H groups in total. The van der Waals surface area contributed by atoms with Crippen molar-refractivity contribution >= 4 is 5.91 Å². The second-order valence-corrected chi connectivity index (χ2v) is 4.35. The molecule has 1 aromatic rings. The van der Waals surface area contributed by atoms with E-state index < -0.39 is 0 Å². The number of carbonyl (C=O) groups is 1. The molecule has 1 unspecified atom stereocenters. The fourth-order valence-corrected chi connectivity index (χ4v) is 2.23. The van der Waals surface area contributed by atoms with E-state index in [-0.39, 0.29) is 12.0 Å². The topological polar surface area (TPSA) is 54.3 Å². The van der Waals surface area contributed by atoms with E-state index in [4.69, 9.17) is 0 Å². The summed E-state index contributed by atoms with van der Waals surface area (Å²) in [4.78, 5) is 11.2. The highest BCUT2D eigenvalue weighted by atomic mass is 16.3. The molecule has 1 heterocycles. The fraction of sp³-hybridized carbons (Fsp3) is 0.583. The number of carbonyl (C=O) groups excluding carboxylic acids is 1. The van der Waals surface area contributed by atoms with E-state index in [0.29, 0.717) is 6.54 Å². The number of aliphatic hydroxyl groups is 1. The maximum Gasteiger partial charge on any atom is 0.239 e. The first kappa shape index (κ1) is 11.2. The van der Waals surface area contributed by atoms with Gasteiger partial charge in [-0.05, 0) is 24.8 Å². The van der Waals surface area contributed by atoms with Gasteiger partial charge in [0.15, 0.2) is 0 Å².